The molecule has 0 aromatic carbocycles. The first-order valence-corrected chi connectivity index (χ1v) is 6.39. The number of hydrogen-bond acceptors (Lipinski definition) is 3. The van der Waals surface area contributed by atoms with E-state index in [-0.39, 0.29) is 6.09 Å². The Balaban J connectivity index is 3.44. The Morgan fingerprint density at radius 3 is 2.60 bits per heavy atom. The fraction of sp³-hybridized carbons (Fsp3) is 0.700. The molecule has 5 heteroatoms. The minimum atomic E-state index is -0.432. The lowest BCUT2D eigenvalue weighted by atomic mass is 10.2. The summed E-state index contributed by atoms with van der Waals surface area (Å²) in [4.78, 5) is 11.2. The lowest BCUT2D eigenvalue weighted by Gasteiger charge is -2.19. The van der Waals surface area contributed by atoms with Crippen molar-refractivity contribution in [3.63, 3.8) is 0 Å². The Labute approximate surface area is 105 Å². The van der Waals surface area contributed by atoms with E-state index in [0.29, 0.717) is 13.1 Å². The summed E-state index contributed by atoms with van der Waals surface area (Å²) in [5.41, 5.74) is -0.432. The Bertz CT molecular complexity index is 212. The number of nitrogens with one attached hydrogen (secondary N) is 2. The molecule has 0 saturated heterocycles. The Hall–Kier alpha value is -0.460. The molecule has 0 spiro atoms. The standard InChI is InChI=1S/C10H19IN2O2/c1-10(2,3)15-9(14)13-8-7-12-6-4-5-11/h4,6,12H,5,7-8H2,1-3H3,(H,13,14)/b6-4-. The van der Waals surface area contributed by atoms with Crippen molar-refractivity contribution in [1.82, 2.24) is 10.6 Å². The molecule has 0 aromatic heterocycles. The second-order valence-electron chi connectivity index (χ2n) is 3.94. The molecule has 0 aliphatic carbocycles. The van der Waals surface area contributed by atoms with Crippen LogP contribution in [0.5, 0.6) is 0 Å². The maximum atomic E-state index is 11.2. The van der Waals surface area contributed by atoms with Gasteiger partial charge in [0.05, 0.1) is 0 Å². The van der Waals surface area contributed by atoms with E-state index in [0.717, 1.165) is 4.43 Å². The van der Waals surface area contributed by atoms with Crippen LogP contribution in [0.25, 0.3) is 0 Å². The molecule has 0 aliphatic heterocycles. The lowest BCUT2D eigenvalue weighted by molar-refractivity contribution is 0.0529. The van der Waals surface area contributed by atoms with Crippen LogP contribution in [-0.2, 0) is 4.74 Å². The van der Waals surface area contributed by atoms with E-state index >= 15 is 0 Å². The van der Waals surface area contributed by atoms with Gasteiger partial charge in [0.2, 0.25) is 0 Å². The molecule has 1 amide bonds. The third-order valence-electron chi connectivity index (χ3n) is 1.26. The molecular formula is C10H19IN2O2. The van der Waals surface area contributed by atoms with E-state index in [1.54, 1.807) is 0 Å². The molecule has 0 aliphatic rings. The fourth-order valence-electron chi connectivity index (χ4n) is 0.762. The average Bonchev–Trinajstić information content (AvgIpc) is 2.08. The minimum Gasteiger partial charge on any atom is -0.444 e. The summed E-state index contributed by atoms with van der Waals surface area (Å²) in [6.45, 7) is 6.78. The highest BCUT2D eigenvalue weighted by Crippen LogP contribution is 2.05. The largest absolute Gasteiger partial charge is 0.444 e. The molecule has 0 aromatic rings. The van der Waals surface area contributed by atoms with Crippen LogP contribution in [0.15, 0.2) is 12.3 Å². The van der Waals surface area contributed by atoms with E-state index in [1.807, 2.05) is 33.0 Å². The van der Waals surface area contributed by atoms with Gasteiger partial charge in [-0.3, -0.25) is 0 Å². The summed E-state index contributed by atoms with van der Waals surface area (Å²) in [7, 11) is 0. The smallest absolute Gasteiger partial charge is 0.407 e. The molecule has 0 saturated carbocycles. The molecule has 0 radical (unpaired) electrons. The van der Waals surface area contributed by atoms with Gasteiger partial charge in [-0.15, -0.1) is 0 Å². The SMILES string of the molecule is CC(C)(C)OC(=O)NCCN/C=C\CI. The van der Waals surface area contributed by atoms with Crippen molar-refractivity contribution in [2.24, 2.45) is 0 Å². The van der Waals surface area contributed by atoms with Gasteiger partial charge in [-0.2, -0.15) is 0 Å². The van der Waals surface area contributed by atoms with Gasteiger partial charge in [-0.25, -0.2) is 4.79 Å². The number of alkyl halides is 1. The number of hydrogen-bond donors (Lipinski definition) is 2. The number of ether oxygens (including phenoxy) is 1. The molecule has 0 rings (SSSR count). The molecule has 4 nitrogen and oxygen atoms in total. The van der Waals surface area contributed by atoms with E-state index in [1.165, 1.54) is 0 Å². The molecule has 0 atom stereocenters. The van der Waals surface area contributed by atoms with Gasteiger partial charge < -0.3 is 15.4 Å². The zero-order valence-electron chi connectivity index (χ0n) is 9.47. The maximum absolute atomic E-state index is 11.2. The molecule has 15 heavy (non-hydrogen) atoms. The zero-order valence-corrected chi connectivity index (χ0v) is 11.6. The van der Waals surface area contributed by atoms with Crippen LogP contribution in [-0.4, -0.2) is 29.2 Å². The van der Waals surface area contributed by atoms with Crippen LogP contribution in [0.2, 0.25) is 0 Å². The number of halogens is 1. The summed E-state index contributed by atoms with van der Waals surface area (Å²) in [6.07, 6.45) is 3.51. The molecule has 0 heterocycles. The predicted molar refractivity (Wildman–Crippen MR) is 70.3 cm³/mol. The predicted octanol–water partition coefficient (Wildman–Crippen LogP) is 2.05. The van der Waals surface area contributed by atoms with E-state index < -0.39 is 5.60 Å². The Morgan fingerprint density at radius 1 is 1.40 bits per heavy atom. The van der Waals surface area contributed by atoms with Crippen molar-refractivity contribution in [3.05, 3.63) is 12.3 Å². The number of carbonyl (C=O) groups excluding carboxylic acids is 1. The van der Waals surface area contributed by atoms with Crippen LogP contribution in [0.3, 0.4) is 0 Å². The third kappa shape index (κ3) is 11.5. The summed E-state index contributed by atoms with van der Waals surface area (Å²) < 4.78 is 6.04. The number of amides is 1. The Morgan fingerprint density at radius 2 is 2.07 bits per heavy atom. The van der Waals surface area contributed by atoms with Crippen molar-refractivity contribution in [3.8, 4) is 0 Å². The first kappa shape index (κ1) is 14.5. The van der Waals surface area contributed by atoms with Gasteiger partial charge in [0.1, 0.15) is 5.60 Å². The molecular weight excluding hydrogens is 307 g/mol. The first-order valence-electron chi connectivity index (χ1n) is 4.87. The normalized spacial score (nSPS) is 11.5. The van der Waals surface area contributed by atoms with E-state index in [4.69, 9.17) is 4.74 Å². The highest BCUT2D eigenvalue weighted by atomic mass is 127. The van der Waals surface area contributed by atoms with Crippen molar-refractivity contribution in [2.45, 2.75) is 26.4 Å². The van der Waals surface area contributed by atoms with Gasteiger partial charge >= 0.3 is 6.09 Å². The van der Waals surface area contributed by atoms with Gasteiger partial charge in [-0.1, -0.05) is 28.7 Å². The first-order chi connectivity index (χ1) is 6.95. The summed E-state index contributed by atoms with van der Waals surface area (Å²) in [5, 5.41) is 5.71. The number of carbonyl (C=O) groups is 1. The molecule has 88 valence electrons. The summed E-state index contributed by atoms with van der Waals surface area (Å²) in [6, 6.07) is 0. The van der Waals surface area contributed by atoms with Gasteiger partial charge in [0.25, 0.3) is 0 Å². The van der Waals surface area contributed by atoms with Crippen molar-refractivity contribution in [1.29, 1.82) is 0 Å². The quantitative estimate of drug-likeness (QED) is 0.462. The molecule has 0 bridgehead atoms. The molecule has 0 unspecified atom stereocenters. The van der Waals surface area contributed by atoms with Crippen LogP contribution < -0.4 is 10.6 Å². The highest BCUT2D eigenvalue weighted by Gasteiger charge is 2.15. The van der Waals surface area contributed by atoms with Gasteiger partial charge in [-0.05, 0) is 27.0 Å². The van der Waals surface area contributed by atoms with Gasteiger partial charge in [0.15, 0.2) is 0 Å². The molecule has 0 fully saturated rings. The van der Waals surface area contributed by atoms with Crippen molar-refractivity contribution in [2.75, 3.05) is 17.5 Å². The third-order valence-corrected chi connectivity index (χ3v) is 1.77. The van der Waals surface area contributed by atoms with E-state index in [9.17, 15) is 4.79 Å². The highest BCUT2D eigenvalue weighted by molar-refractivity contribution is 14.1. The molecule has 2 N–H and O–H groups in total. The van der Waals surface area contributed by atoms with Crippen LogP contribution in [0, 0.1) is 0 Å². The monoisotopic (exact) mass is 326 g/mol. The van der Waals surface area contributed by atoms with Crippen LogP contribution in [0.4, 0.5) is 4.79 Å². The van der Waals surface area contributed by atoms with Gasteiger partial charge in [0, 0.05) is 17.5 Å². The summed E-state index contributed by atoms with van der Waals surface area (Å²) >= 11 is 2.26. The zero-order chi connectivity index (χ0) is 11.7. The number of allylic oxidation sites excluding steroid dienone is 1. The number of rotatable bonds is 5. The Kier molecular flexibility index (Phi) is 7.54. The summed E-state index contributed by atoms with van der Waals surface area (Å²) in [5.74, 6) is 0. The fourth-order valence-corrected chi connectivity index (χ4v) is 1.02. The topological polar surface area (TPSA) is 50.4 Å². The van der Waals surface area contributed by atoms with Crippen LogP contribution >= 0.6 is 22.6 Å². The van der Waals surface area contributed by atoms with Crippen LogP contribution in [0.1, 0.15) is 20.8 Å². The lowest BCUT2D eigenvalue weighted by Crippen LogP contribution is -2.35. The van der Waals surface area contributed by atoms with Crippen molar-refractivity contribution >= 4 is 28.7 Å². The van der Waals surface area contributed by atoms with E-state index in [2.05, 4.69) is 33.2 Å². The second-order valence-corrected chi connectivity index (χ2v) is 4.82. The minimum absolute atomic E-state index is 0.373. The van der Waals surface area contributed by atoms with Crippen molar-refractivity contribution < 1.29 is 9.53 Å². The maximum Gasteiger partial charge on any atom is 0.407 e. The second kappa shape index (κ2) is 7.78. The number of alkyl carbamates (subject to hydrolysis) is 1. The average molecular weight is 326 g/mol.